The highest BCUT2D eigenvalue weighted by Gasteiger charge is 2.53. The van der Waals surface area contributed by atoms with Crippen molar-refractivity contribution in [1.82, 2.24) is 0 Å². The second kappa shape index (κ2) is 6.22. The molecule has 0 amide bonds. The Morgan fingerprint density at radius 1 is 1.00 bits per heavy atom. The third kappa shape index (κ3) is 2.97. The van der Waals surface area contributed by atoms with Crippen LogP contribution in [0.4, 0.5) is 0 Å². The fourth-order valence-corrected chi connectivity index (χ4v) is 6.95. The van der Waals surface area contributed by atoms with Gasteiger partial charge >= 0.3 is 0 Å². The van der Waals surface area contributed by atoms with Crippen molar-refractivity contribution >= 4 is 17.5 Å². The third-order valence-electron chi connectivity index (χ3n) is 6.72. The summed E-state index contributed by atoms with van der Waals surface area (Å²) in [6.07, 6.45) is 8.59. The zero-order chi connectivity index (χ0) is 16.9. The first-order valence-corrected chi connectivity index (χ1v) is 10.7. The van der Waals surface area contributed by atoms with Gasteiger partial charge in [0.1, 0.15) is 5.78 Å². The van der Waals surface area contributed by atoms with Gasteiger partial charge in [0.25, 0.3) is 0 Å². The number of carbonyl (C=O) groups excluding carboxylic acids is 1. The average molecular weight is 359 g/mol. The van der Waals surface area contributed by atoms with Crippen LogP contribution in [0.25, 0.3) is 0 Å². The van der Waals surface area contributed by atoms with Crippen LogP contribution in [0.2, 0.25) is 0 Å². The quantitative estimate of drug-likeness (QED) is 0.729. The summed E-state index contributed by atoms with van der Waals surface area (Å²) in [5.41, 5.74) is 0.0209. The van der Waals surface area contributed by atoms with Crippen LogP contribution in [0.15, 0.2) is 23.1 Å². The van der Waals surface area contributed by atoms with Crippen molar-refractivity contribution in [2.75, 3.05) is 19.0 Å². The largest absolute Gasteiger partial charge is 0.490 e. The highest BCUT2D eigenvalue weighted by Crippen LogP contribution is 2.60. The molecule has 0 spiro atoms. The Bertz CT molecular complexity index is 648. The van der Waals surface area contributed by atoms with Crippen molar-refractivity contribution in [2.24, 2.45) is 23.2 Å². The number of hydrogen-bond donors (Lipinski definition) is 0. The predicted molar refractivity (Wildman–Crippen MR) is 98.4 cm³/mol. The molecule has 0 unspecified atom stereocenters. The van der Waals surface area contributed by atoms with Crippen molar-refractivity contribution in [3.63, 3.8) is 0 Å². The van der Waals surface area contributed by atoms with E-state index >= 15 is 0 Å². The Labute approximate surface area is 153 Å². The number of benzene rings is 1. The van der Waals surface area contributed by atoms with E-state index in [0.717, 1.165) is 40.6 Å². The van der Waals surface area contributed by atoms with Crippen LogP contribution in [-0.4, -0.2) is 24.7 Å². The predicted octanol–water partition coefficient (Wildman–Crippen LogP) is 4.73. The van der Waals surface area contributed by atoms with Crippen molar-refractivity contribution in [3.8, 4) is 11.5 Å². The number of ether oxygens (including phenoxy) is 2. The summed E-state index contributed by atoms with van der Waals surface area (Å²) >= 11 is 1.67. The van der Waals surface area contributed by atoms with E-state index in [1.807, 2.05) is 12.1 Å². The Kier molecular flexibility index (Phi) is 3.99. The lowest BCUT2D eigenvalue weighted by atomic mass is 9.48. The molecule has 0 radical (unpaired) electrons. The molecule has 0 N–H and O–H groups in total. The first-order valence-electron chi connectivity index (χ1n) is 9.76. The maximum atomic E-state index is 13.1. The smallest absolute Gasteiger partial charge is 0.162 e. The van der Waals surface area contributed by atoms with Crippen LogP contribution < -0.4 is 9.47 Å². The molecule has 4 heteroatoms. The normalized spacial score (nSPS) is 35.4. The van der Waals surface area contributed by atoms with Crippen LogP contribution in [-0.2, 0) is 4.79 Å². The number of thioether (sulfide) groups is 1. The Morgan fingerprint density at radius 2 is 1.64 bits per heavy atom. The first kappa shape index (κ1) is 16.0. The van der Waals surface area contributed by atoms with Gasteiger partial charge in [-0.15, -0.1) is 11.8 Å². The molecule has 1 heterocycles. The zero-order valence-electron chi connectivity index (χ0n) is 14.7. The second-order valence-corrected chi connectivity index (χ2v) is 9.62. The summed E-state index contributed by atoms with van der Waals surface area (Å²) < 4.78 is 11.5. The maximum absolute atomic E-state index is 13.1. The second-order valence-electron chi connectivity index (χ2n) is 8.57. The average Bonchev–Trinajstić information content (AvgIpc) is 2.83. The number of rotatable bonds is 4. The van der Waals surface area contributed by atoms with Gasteiger partial charge in [0.2, 0.25) is 0 Å². The molecule has 0 atom stereocenters. The van der Waals surface area contributed by atoms with Gasteiger partial charge in [0.15, 0.2) is 11.5 Å². The molecule has 1 aliphatic heterocycles. The molecule has 5 aliphatic rings. The number of carbonyl (C=O) groups is 1. The monoisotopic (exact) mass is 358 g/mol. The number of hydrogen-bond acceptors (Lipinski definition) is 4. The molecule has 6 rings (SSSR count). The van der Waals surface area contributed by atoms with Gasteiger partial charge in [-0.05, 0) is 74.5 Å². The van der Waals surface area contributed by atoms with Crippen LogP contribution >= 0.6 is 11.8 Å². The summed E-state index contributed by atoms with van der Waals surface area (Å²) in [6, 6.07) is 6.08. The minimum atomic E-state index is 0.0209. The minimum absolute atomic E-state index is 0.0209. The van der Waals surface area contributed by atoms with Gasteiger partial charge in [-0.1, -0.05) is 0 Å². The summed E-state index contributed by atoms with van der Waals surface area (Å²) in [5, 5.41) is 0. The maximum Gasteiger partial charge on any atom is 0.162 e. The van der Waals surface area contributed by atoms with Gasteiger partial charge in [0, 0.05) is 16.7 Å². The van der Waals surface area contributed by atoms with E-state index in [4.69, 9.17) is 9.47 Å². The summed E-state index contributed by atoms with van der Waals surface area (Å²) in [7, 11) is 0. The molecular weight excluding hydrogens is 332 g/mol. The molecule has 4 saturated carbocycles. The molecule has 1 aromatic carbocycles. The molecule has 1 aromatic rings. The Hall–Kier alpha value is -1.16. The highest BCUT2D eigenvalue weighted by molar-refractivity contribution is 8.00. The van der Waals surface area contributed by atoms with E-state index < -0.39 is 0 Å². The molecule has 25 heavy (non-hydrogen) atoms. The van der Waals surface area contributed by atoms with Crippen molar-refractivity contribution in [1.29, 1.82) is 0 Å². The van der Waals surface area contributed by atoms with Crippen LogP contribution in [0.5, 0.6) is 11.5 Å². The Balaban J connectivity index is 1.27. The molecule has 4 bridgehead atoms. The van der Waals surface area contributed by atoms with Gasteiger partial charge in [-0.25, -0.2) is 0 Å². The number of Topliss-reactive ketones (excluding diaryl/α,β-unsaturated/α-hetero) is 1. The van der Waals surface area contributed by atoms with E-state index in [1.54, 1.807) is 11.8 Å². The fraction of sp³-hybridized carbons (Fsp3) is 0.667. The van der Waals surface area contributed by atoms with E-state index in [9.17, 15) is 4.79 Å². The summed E-state index contributed by atoms with van der Waals surface area (Å²) in [4.78, 5) is 14.3. The van der Waals surface area contributed by atoms with Gasteiger partial charge < -0.3 is 9.47 Å². The van der Waals surface area contributed by atoms with Crippen LogP contribution in [0.1, 0.15) is 44.9 Å². The lowest BCUT2D eigenvalue weighted by Crippen LogP contribution is -2.50. The number of ketones is 1. The zero-order valence-corrected chi connectivity index (χ0v) is 15.5. The number of fused-ring (bicyclic) bond motifs is 1. The molecule has 0 aromatic heterocycles. The van der Waals surface area contributed by atoms with E-state index in [2.05, 4.69) is 6.07 Å². The lowest BCUT2D eigenvalue weighted by molar-refractivity contribution is -0.141. The van der Waals surface area contributed by atoms with Crippen LogP contribution in [0, 0.1) is 23.2 Å². The van der Waals surface area contributed by atoms with E-state index in [1.165, 1.54) is 38.5 Å². The van der Waals surface area contributed by atoms with Crippen LogP contribution in [0.3, 0.4) is 0 Å². The van der Waals surface area contributed by atoms with E-state index in [0.29, 0.717) is 24.7 Å². The van der Waals surface area contributed by atoms with E-state index in [-0.39, 0.29) is 5.41 Å². The molecule has 0 saturated heterocycles. The summed E-state index contributed by atoms with van der Waals surface area (Å²) in [5.74, 6) is 5.25. The topological polar surface area (TPSA) is 35.5 Å². The molecular formula is C21H26O3S. The fourth-order valence-electron chi connectivity index (χ4n) is 5.99. The highest BCUT2D eigenvalue weighted by atomic mass is 32.2. The molecule has 3 nitrogen and oxygen atoms in total. The van der Waals surface area contributed by atoms with Gasteiger partial charge in [-0.3, -0.25) is 4.79 Å². The molecule has 4 aliphatic carbocycles. The lowest BCUT2D eigenvalue weighted by Gasteiger charge is -2.56. The van der Waals surface area contributed by atoms with Gasteiger partial charge in [-0.2, -0.15) is 0 Å². The van der Waals surface area contributed by atoms with Crippen molar-refractivity contribution in [2.45, 2.75) is 49.8 Å². The van der Waals surface area contributed by atoms with Gasteiger partial charge in [0.05, 0.1) is 19.0 Å². The minimum Gasteiger partial charge on any atom is -0.490 e. The Morgan fingerprint density at radius 3 is 2.32 bits per heavy atom. The molecule has 4 fully saturated rings. The standard InChI is InChI=1S/C21H26O3S/c22-20(21-10-14-6-15(11-21)8-16(7-14)12-21)13-25-17-2-3-18-19(9-17)24-5-1-4-23-18/h2-3,9,14-16H,1,4-8,10-13H2. The third-order valence-corrected chi connectivity index (χ3v) is 7.71. The van der Waals surface area contributed by atoms with Crippen molar-refractivity contribution < 1.29 is 14.3 Å². The molecule has 134 valence electrons. The van der Waals surface area contributed by atoms with Crippen molar-refractivity contribution in [3.05, 3.63) is 18.2 Å². The first-order chi connectivity index (χ1) is 12.2. The summed E-state index contributed by atoms with van der Waals surface area (Å²) in [6.45, 7) is 1.41. The SMILES string of the molecule is O=C(CSc1ccc2c(c1)OCCCO2)C12CC3CC(CC(C3)C1)C2.